The van der Waals surface area contributed by atoms with E-state index in [9.17, 15) is 13.2 Å². The minimum Gasteiger partial charge on any atom is -0.332 e. The minimum absolute atomic E-state index is 0.0539. The molecular formula is C10H5Cl2F3N4S2. The molecular weight excluding hydrogens is 368 g/mol. The van der Waals surface area contributed by atoms with Crippen molar-refractivity contribution in [3.8, 4) is 0 Å². The van der Waals surface area contributed by atoms with Gasteiger partial charge in [0.05, 0.1) is 10.0 Å². The molecule has 4 nitrogen and oxygen atoms in total. The molecule has 2 aromatic rings. The predicted molar refractivity (Wildman–Crippen MR) is 81.2 cm³/mol. The van der Waals surface area contributed by atoms with Crippen molar-refractivity contribution in [1.29, 1.82) is 0 Å². The second-order valence-corrected chi connectivity index (χ2v) is 5.82. The molecule has 112 valence electrons. The van der Waals surface area contributed by atoms with Crippen LogP contribution < -0.4 is 10.6 Å². The zero-order chi connectivity index (χ0) is 15.6. The fourth-order valence-corrected chi connectivity index (χ4v) is 2.41. The average molecular weight is 373 g/mol. The molecule has 0 unspecified atom stereocenters. The lowest BCUT2D eigenvalue weighted by atomic mass is 10.3. The molecule has 0 saturated heterocycles. The van der Waals surface area contributed by atoms with Crippen LogP contribution in [0, 0.1) is 0 Å². The molecule has 0 amide bonds. The smallest absolute Gasteiger partial charge is 0.332 e. The molecule has 0 aliphatic heterocycles. The van der Waals surface area contributed by atoms with Crippen LogP contribution in [-0.4, -0.2) is 15.3 Å². The zero-order valence-corrected chi connectivity index (χ0v) is 13.0. The van der Waals surface area contributed by atoms with Crippen LogP contribution in [0.25, 0.3) is 0 Å². The van der Waals surface area contributed by atoms with Crippen LogP contribution in [0.5, 0.6) is 0 Å². The van der Waals surface area contributed by atoms with E-state index in [0.717, 1.165) is 0 Å². The van der Waals surface area contributed by atoms with Crippen molar-refractivity contribution in [1.82, 2.24) is 10.2 Å². The van der Waals surface area contributed by atoms with Crippen molar-refractivity contribution in [2.75, 3.05) is 10.6 Å². The Kier molecular flexibility index (Phi) is 4.87. The van der Waals surface area contributed by atoms with Crippen LogP contribution in [0.1, 0.15) is 5.01 Å². The van der Waals surface area contributed by atoms with Crippen molar-refractivity contribution in [2.45, 2.75) is 6.18 Å². The van der Waals surface area contributed by atoms with E-state index < -0.39 is 11.2 Å². The number of aromatic nitrogens is 2. The van der Waals surface area contributed by atoms with Crippen LogP contribution in [0.3, 0.4) is 0 Å². The van der Waals surface area contributed by atoms with E-state index in [-0.39, 0.29) is 10.2 Å². The van der Waals surface area contributed by atoms with Crippen molar-refractivity contribution in [2.24, 2.45) is 0 Å². The second-order valence-electron chi connectivity index (χ2n) is 3.62. The highest BCUT2D eigenvalue weighted by molar-refractivity contribution is 7.80. The van der Waals surface area contributed by atoms with Gasteiger partial charge in [0.25, 0.3) is 0 Å². The normalized spacial score (nSPS) is 11.3. The summed E-state index contributed by atoms with van der Waals surface area (Å²) in [4.78, 5) is 0. The number of anilines is 2. The Morgan fingerprint density at radius 2 is 1.86 bits per heavy atom. The van der Waals surface area contributed by atoms with Crippen molar-refractivity contribution >= 4 is 62.7 Å². The molecule has 1 aromatic carbocycles. The van der Waals surface area contributed by atoms with E-state index in [1.165, 1.54) is 6.07 Å². The van der Waals surface area contributed by atoms with E-state index >= 15 is 0 Å². The molecule has 11 heteroatoms. The molecule has 0 spiro atoms. The standard InChI is InChI=1S/C10H5Cl2F3N4S2/c11-5-2-1-4(3-6(5)12)16-8(20)17-9-19-18-7(21-9)10(13,14)15/h1-3H,(H2,16,17,19,20). The van der Waals surface area contributed by atoms with Gasteiger partial charge in [-0.05, 0) is 30.4 Å². The van der Waals surface area contributed by atoms with Crippen LogP contribution in [-0.2, 0) is 6.18 Å². The molecule has 0 bridgehead atoms. The van der Waals surface area contributed by atoms with Gasteiger partial charge in [-0.1, -0.05) is 34.5 Å². The summed E-state index contributed by atoms with van der Waals surface area (Å²) in [6.07, 6.45) is -4.53. The van der Waals surface area contributed by atoms with Gasteiger partial charge in [0.2, 0.25) is 10.1 Å². The van der Waals surface area contributed by atoms with E-state index in [4.69, 9.17) is 35.4 Å². The van der Waals surface area contributed by atoms with E-state index in [0.29, 0.717) is 27.1 Å². The Labute approximate surface area is 136 Å². The highest BCUT2D eigenvalue weighted by Crippen LogP contribution is 2.33. The number of benzene rings is 1. The lowest BCUT2D eigenvalue weighted by Gasteiger charge is -2.08. The third-order valence-electron chi connectivity index (χ3n) is 2.07. The van der Waals surface area contributed by atoms with Crippen LogP contribution in [0.15, 0.2) is 18.2 Å². The Morgan fingerprint density at radius 3 is 2.43 bits per heavy atom. The molecule has 0 aliphatic rings. The fraction of sp³-hybridized carbons (Fsp3) is 0.100. The Bertz CT molecular complexity index is 675. The zero-order valence-electron chi connectivity index (χ0n) is 9.83. The number of hydrogen-bond acceptors (Lipinski definition) is 4. The third-order valence-corrected chi connectivity index (χ3v) is 3.89. The van der Waals surface area contributed by atoms with Gasteiger partial charge >= 0.3 is 6.18 Å². The van der Waals surface area contributed by atoms with Gasteiger partial charge in [0.15, 0.2) is 5.11 Å². The summed E-state index contributed by atoms with van der Waals surface area (Å²) in [5, 5.41) is 11.3. The number of rotatable bonds is 2. The summed E-state index contributed by atoms with van der Waals surface area (Å²) in [5.41, 5.74) is 0.530. The first-order valence-corrected chi connectivity index (χ1v) is 7.17. The Morgan fingerprint density at radius 1 is 1.14 bits per heavy atom. The Balaban J connectivity index is 2.01. The highest BCUT2D eigenvalue weighted by atomic mass is 35.5. The quantitative estimate of drug-likeness (QED) is 0.750. The maximum Gasteiger partial charge on any atom is 0.445 e. The maximum atomic E-state index is 12.4. The number of nitrogens with zero attached hydrogens (tertiary/aromatic N) is 2. The molecule has 0 fully saturated rings. The summed E-state index contributed by atoms with van der Waals surface area (Å²) in [7, 11) is 0. The summed E-state index contributed by atoms with van der Waals surface area (Å²) in [6.45, 7) is 0. The molecule has 0 radical (unpaired) electrons. The molecule has 0 atom stereocenters. The molecule has 1 aromatic heterocycles. The summed E-state index contributed by atoms with van der Waals surface area (Å²) < 4.78 is 37.1. The summed E-state index contributed by atoms with van der Waals surface area (Å²) in [6, 6.07) is 4.70. The predicted octanol–water partition coefficient (Wildman–Crippen LogP) is 4.67. The number of alkyl halides is 3. The number of hydrogen-bond donors (Lipinski definition) is 2. The molecule has 2 rings (SSSR count). The first kappa shape index (κ1) is 16.2. The maximum absolute atomic E-state index is 12.4. The summed E-state index contributed by atoms with van der Waals surface area (Å²) in [5.74, 6) is 0. The monoisotopic (exact) mass is 372 g/mol. The second kappa shape index (κ2) is 6.30. The minimum atomic E-state index is -4.53. The SMILES string of the molecule is FC(F)(F)c1nnc(NC(=S)Nc2ccc(Cl)c(Cl)c2)s1. The Hall–Kier alpha value is -1.16. The van der Waals surface area contributed by atoms with Crippen molar-refractivity contribution in [3.05, 3.63) is 33.3 Å². The highest BCUT2D eigenvalue weighted by Gasteiger charge is 2.35. The number of nitrogens with one attached hydrogen (secondary N) is 2. The molecule has 21 heavy (non-hydrogen) atoms. The van der Waals surface area contributed by atoms with Crippen LogP contribution in [0.4, 0.5) is 24.0 Å². The molecule has 2 N–H and O–H groups in total. The first-order valence-electron chi connectivity index (χ1n) is 5.19. The van der Waals surface area contributed by atoms with Gasteiger partial charge < -0.3 is 10.6 Å². The molecule has 0 aliphatic carbocycles. The number of thiocarbonyl (C=S) groups is 1. The van der Waals surface area contributed by atoms with Gasteiger partial charge in [-0.15, -0.1) is 10.2 Å². The lowest BCUT2D eigenvalue weighted by molar-refractivity contribution is -0.138. The van der Waals surface area contributed by atoms with Gasteiger partial charge in [-0.25, -0.2) is 0 Å². The number of halogens is 5. The van der Waals surface area contributed by atoms with E-state index in [1.807, 2.05) is 0 Å². The lowest BCUT2D eigenvalue weighted by Crippen LogP contribution is -2.18. The van der Waals surface area contributed by atoms with Crippen molar-refractivity contribution in [3.63, 3.8) is 0 Å². The van der Waals surface area contributed by atoms with Crippen LogP contribution in [0.2, 0.25) is 10.0 Å². The third kappa shape index (κ3) is 4.40. The van der Waals surface area contributed by atoms with Gasteiger partial charge in [0.1, 0.15) is 0 Å². The average Bonchev–Trinajstić information content (AvgIpc) is 2.82. The first-order chi connectivity index (χ1) is 9.75. The van der Waals surface area contributed by atoms with Gasteiger partial charge in [0, 0.05) is 5.69 Å². The molecule has 0 saturated carbocycles. The van der Waals surface area contributed by atoms with Gasteiger partial charge in [-0.2, -0.15) is 13.2 Å². The topological polar surface area (TPSA) is 49.8 Å². The largest absolute Gasteiger partial charge is 0.445 e. The van der Waals surface area contributed by atoms with E-state index in [2.05, 4.69) is 20.8 Å². The van der Waals surface area contributed by atoms with Crippen molar-refractivity contribution < 1.29 is 13.2 Å². The van der Waals surface area contributed by atoms with E-state index in [1.54, 1.807) is 12.1 Å². The molecule has 1 heterocycles. The summed E-state index contributed by atoms with van der Waals surface area (Å²) >= 11 is 16.9. The fourth-order valence-electron chi connectivity index (χ4n) is 1.22. The van der Waals surface area contributed by atoms with Crippen LogP contribution >= 0.6 is 46.8 Å². The van der Waals surface area contributed by atoms with Gasteiger partial charge in [-0.3, -0.25) is 0 Å².